The molecular weight excluding hydrogens is 231 g/mol. The van der Waals surface area contributed by atoms with Gasteiger partial charge in [-0.15, -0.1) is 22.9 Å². The predicted molar refractivity (Wildman–Crippen MR) is 63.0 cm³/mol. The van der Waals surface area contributed by atoms with Crippen LogP contribution >= 0.6 is 22.9 Å². The fourth-order valence-electron chi connectivity index (χ4n) is 1.40. The van der Waals surface area contributed by atoms with Crippen molar-refractivity contribution in [2.45, 2.75) is 11.8 Å². The van der Waals surface area contributed by atoms with Gasteiger partial charge in [0.25, 0.3) is 0 Å². The number of rotatable bonds is 3. The molecule has 0 N–H and O–H groups in total. The molecule has 0 fully saturated rings. The molecule has 0 saturated carbocycles. The summed E-state index contributed by atoms with van der Waals surface area (Å²) in [6, 6.07) is 10.5. The summed E-state index contributed by atoms with van der Waals surface area (Å²) in [4.78, 5) is 1.15. The van der Waals surface area contributed by atoms with Crippen molar-refractivity contribution >= 4 is 22.9 Å². The molecule has 1 unspecified atom stereocenters. The molecule has 78 valence electrons. The molecule has 1 aromatic heterocycles. The molecule has 0 aliphatic heterocycles. The lowest BCUT2D eigenvalue weighted by Gasteiger charge is -2.06. The van der Waals surface area contributed by atoms with Gasteiger partial charge in [0.1, 0.15) is 5.82 Å². The van der Waals surface area contributed by atoms with Crippen LogP contribution in [0, 0.1) is 5.82 Å². The van der Waals surface area contributed by atoms with Crippen molar-refractivity contribution in [3.63, 3.8) is 0 Å². The topological polar surface area (TPSA) is 0 Å². The molecule has 0 amide bonds. The molecule has 1 aromatic carbocycles. The quantitative estimate of drug-likeness (QED) is 0.698. The zero-order chi connectivity index (χ0) is 10.7. The zero-order valence-electron chi connectivity index (χ0n) is 7.99. The Morgan fingerprint density at radius 3 is 2.53 bits per heavy atom. The predicted octanol–water partition coefficient (Wildman–Crippen LogP) is 4.41. The summed E-state index contributed by atoms with van der Waals surface area (Å²) in [5.74, 6) is -0.207. The number of benzene rings is 1. The highest BCUT2D eigenvalue weighted by atomic mass is 35.5. The van der Waals surface area contributed by atoms with E-state index in [0.717, 1.165) is 16.9 Å². The third-order valence-corrected chi connectivity index (χ3v) is 3.68. The molecule has 15 heavy (non-hydrogen) atoms. The lowest BCUT2D eigenvalue weighted by atomic mass is 10.1. The van der Waals surface area contributed by atoms with Crippen molar-refractivity contribution in [3.05, 3.63) is 58.0 Å². The highest BCUT2D eigenvalue weighted by molar-refractivity contribution is 7.10. The van der Waals surface area contributed by atoms with Crippen LogP contribution in [-0.4, -0.2) is 0 Å². The first-order valence-electron chi connectivity index (χ1n) is 4.67. The van der Waals surface area contributed by atoms with Gasteiger partial charge in [0.2, 0.25) is 0 Å². The molecule has 3 heteroatoms. The Morgan fingerprint density at radius 1 is 1.20 bits per heavy atom. The van der Waals surface area contributed by atoms with Gasteiger partial charge in [0, 0.05) is 4.88 Å². The summed E-state index contributed by atoms with van der Waals surface area (Å²) in [6.45, 7) is 0. The first kappa shape index (κ1) is 10.7. The molecule has 1 atom stereocenters. The van der Waals surface area contributed by atoms with Crippen LogP contribution in [-0.2, 0) is 6.42 Å². The summed E-state index contributed by atoms with van der Waals surface area (Å²) < 4.78 is 12.7. The van der Waals surface area contributed by atoms with Gasteiger partial charge in [0.15, 0.2) is 0 Å². The molecule has 0 spiro atoms. The third kappa shape index (κ3) is 2.80. The molecule has 0 aliphatic rings. The SMILES string of the molecule is Fc1ccc(CC(Cl)c2cccs2)cc1. The highest BCUT2D eigenvalue weighted by Crippen LogP contribution is 2.28. The van der Waals surface area contributed by atoms with Crippen LogP contribution in [0.4, 0.5) is 4.39 Å². The van der Waals surface area contributed by atoms with Crippen LogP contribution < -0.4 is 0 Å². The van der Waals surface area contributed by atoms with Gasteiger partial charge < -0.3 is 0 Å². The zero-order valence-corrected chi connectivity index (χ0v) is 9.56. The Labute approximate surface area is 97.3 Å². The summed E-state index contributed by atoms with van der Waals surface area (Å²) in [5, 5.41) is 1.99. The van der Waals surface area contributed by atoms with Gasteiger partial charge in [-0.2, -0.15) is 0 Å². The van der Waals surface area contributed by atoms with E-state index in [1.165, 1.54) is 12.1 Å². The fourth-order valence-corrected chi connectivity index (χ4v) is 2.51. The maximum Gasteiger partial charge on any atom is 0.123 e. The van der Waals surface area contributed by atoms with Crippen molar-refractivity contribution < 1.29 is 4.39 Å². The van der Waals surface area contributed by atoms with Crippen molar-refractivity contribution in [1.82, 2.24) is 0 Å². The van der Waals surface area contributed by atoms with E-state index in [2.05, 4.69) is 0 Å². The van der Waals surface area contributed by atoms with Crippen molar-refractivity contribution in [3.8, 4) is 0 Å². The standard InChI is InChI=1S/C12H10ClFS/c13-11(12-2-1-7-15-12)8-9-3-5-10(14)6-4-9/h1-7,11H,8H2. The minimum atomic E-state index is -0.207. The maximum absolute atomic E-state index is 12.7. The van der Waals surface area contributed by atoms with E-state index in [1.54, 1.807) is 23.5 Å². The average Bonchev–Trinajstić information content (AvgIpc) is 2.74. The van der Waals surface area contributed by atoms with E-state index in [1.807, 2.05) is 17.5 Å². The van der Waals surface area contributed by atoms with Crippen LogP contribution in [0.15, 0.2) is 41.8 Å². The minimum Gasteiger partial charge on any atom is -0.207 e. The summed E-state index contributed by atoms with van der Waals surface area (Å²) in [6.07, 6.45) is 0.738. The van der Waals surface area contributed by atoms with Crippen LogP contribution in [0.5, 0.6) is 0 Å². The van der Waals surface area contributed by atoms with E-state index < -0.39 is 0 Å². The van der Waals surface area contributed by atoms with Gasteiger partial charge in [-0.05, 0) is 35.6 Å². The third-order valence-electron chi connectivity index (χ3n) is 2.18. The van der Waals surface area contributed by atoms with E-state index in [-0.39, 0.29) is 11.2 Å². The second-order valence-electron chi connectivity index (χ2n) is 3.31. The van der Waals surface area contributed by atoms with E-state index in [9.17, 15) is 4.39 Å². The lowest BCUT2D eigenvalue weighted by Crippen LogP contribution is -1.93. The van der Waals surface area contributed by atoms with Crippen LogP contribution in [0.3, 0.4) is 0 Å². The molecule has 1 heterocycles. The van der Waals surface area contributed by atoms with Gasteiger partial charge in [-0.3, -0.25) is 0 Å². The van der Waals surface area contributed by atoms with Gasteiger partial charge in [-0.25, -0.2) is 4.39 Å². The number of halogens is 2. The van der Waals surface area contributed by atoms with Crippen molar-refractivity contribution in [1.29, 1.82) is 0 Å². The number of hydrogen-bond acceptors (Lipinski definition) is 1. The molecular formula is C12H10ClFS. The summed E-state index contributed by atoms with van der Waals surface area (Å²) >= 11 is 7.89. The summed E-state index contributed by atoms with van der Waals surface area (Å²) in [7, 11) is 0. The van der Waals surface area contributed by atoms with E-state index in [0.29, 0.717) is 0 Å². The van der Waals surface area contributed by atoms with E-state index >= 15 is 0 Å². The van der Waals surface area contributed by atoms with E-state index in [4.69, 9.17) is 11.6 Å². The molecule has 0 aliphatic carbocycles. The van der Waals surface area contributed by atoms with Crippen LogP contribution in [0.1, 0.15) is 15.8 Å². The van der Waals surface area contributed by atoms with Gasteiger partial charge >= 0.3 is 0 Å². The van der Waals surface area contributed by atoms with Gasteiger partial charge in [0.05, 0.1) is 5.38 Å². The monoisotopic (exact) mass is 240 g/mol. The first-order valence-corrected chi connectivity index (χ1v) is 5.99. The Balaban J connectivity index is 2.06. The van der Waals surface area contributed by atoms with Crippen molar-refractivity contribution in [2.75, 3.05) is 0 Å². The fraction of sp³-hybridized carbons (Fsp3) is 0.167. The van der Waals surface area contributed by atoms with Gasteiger partial charge in [-0.1, -0.05) is 18.2 Å². The number of thiophene rings is 1. The highest BCUT2D eigenvalue weighted by Gasteiger charge is 2.09. The molecule has 0 nitrogen and oxygen atoms in total. The Kier molecular flexibility index (Phi) is 3.39. The molecule has 2 aromatic rings. The molecule has 2 rings (SSSR count). The number of hydrogen-bond donors (Lipinski definition) is 0. The molecule has 0 saturated heterocycles. The second kappa shape index (κ2) is 4.77. The largest absolute Gasteiger partial charge is 0.207 e. The Bertz CT molecular complexity index is 408. The molecule has 0 radical (unpaired) electrons. The number of alkyl halides is 1. The lowest BCUT2D eigenvalue weighted by molar-refractivity contribution is 0.627. The average molecular weight is 241 g/mol. The Morgan fingerprint density at radius 2 is 1.93 bits per heavy atom. The van der Waals surface area contributed by atoms with Crippen LogP contribution in [0.2, 0.25) is 0 Å². The summed E-state index contributed by atoms with van der Waals surface area (Å²) in [5.41, 5.74) is 1.06. The maximum atomic E-state index is 12.7. The minimum absolute atomic E-state index is 0.0181. The Hall–Kier alpha value is -0.860. The second-order valence-corrected chi connectivity index (χ2v) is 4.82. The van der Waals surface area contributed by atoms with Crippen LogP contribution in [0.25, 0.3) is 0 Å². The smallest absolute Gasteiger partial charge is 0.123 e. The first-order chi connectivity index (χ1) is 7.25. The van der Waals surface area contributed by atoms with Crippen molar-refractivity contribution in [2.24, 2.45) is 0 Å². The normalized spacial score (nSPS) is 12.7. The molecule has 0 bridgehead atoms.